The Balaban J connectivity index is 4.04. The summed E-state index contributed by atoms with van der Waals surface area (Å²) in [6.45, 7) is 5.37. The Kier molecular flexibility index (Phi) is 4.77. The van der Waals surface area contributed by atoms with Gasteiger partial charge in [0.2, 0.25) is 0 Å². The van der Waals surface area contributed by atoms with E-state index in [-0.39, 0.29) is 0 Å². The third kappa shape index (κ3) is 5.47. The normalized spacial score (nSPS) is 17.5. The van der Waals surface area contributed by atoms with E-state index in [0.717, 1.165) is 0 Å². The molecule has 2 N–H and O–H groups in total. The Hall–Kier alpha value is -0.770. The summed E-state index contributed by atoms with van der Waals surface area (Å²) in [6, 6.07) is 0. The van der Waals surface area contributed by atoms with Crippen LogP contribution in [0.1, 0.15) is 40.0 Å². The van der Waals surface area contributed by atoms with Crippen LogP contribution in [0.5, 0.6) is 0 Å². The molecular formula is C9H18O4. The molecule has 0 aromatic carbocycles. The van der Waals surface area contributed by atoms with Gasteiger partial charge < -0.3 is 14.9 Å². The zero-order valence-corrected chi connectivity index (χ0v) is 8.41. The first-order valence-electron chi connectivity index (χ1n) is 4.53. The first-order valence-corrected chi connectivity index (χ1v) is 4.53. The van der Waals surface area contributed by atoms with Gasteiger partial charge in [-0.25, -0.2) is 4.79 Å². The fraction of sp³-hybridized carbons (Fsp3) is 0.889. The lowest BCUT2D eigenvalue weighted by Gasteiger charge is -2.25. The highest BCUT2D eigenvalue weighted by Crippen LogP contribution is 2.19. The number of carbonyl (C=O) groups is 1. The summed E-state index contributed by atoms with van der Waals surface area (Å²) in [7, 11) is 0. The summed E-state index contributed by atoms with van der Waals surface area (Å²) in [4.78, 5) is 10.2. The summed E-state index contributed by atoms with van der Waals surface area (Å²) < 4.78 is 4.59. The molecule has 0 radical (unpaired) electrons. The lowest BCUT2D eigenvalue weighted by Crippen LogP contribution is -2.31. The van der Waals surface area contributed by atoms with Crippen molar-refractivity contribution in [1.29, 1.82) is 0 Å². The lowest BCUT2D eigenvalue weighted by molar-refractivity contribution is -0.0195. The SMILES string of the molecule is CCC(CC(C)(O)CC)OC(=O)O. The van der Waals surface area contributed by atoms with Gasteiger partial charge in [-0.1, -0.05) is 13.8 Å². The van der Waals surface area contributed by atoms with Crippen molar-refractivity contribution in [2.24, 2.45) is 0 Å². The monoisotopic (exact) mass is 190 g/mol. The molecule has 0 aromatic rings. The number of hydrogen-bond donors (Lipinski definition) is 2. The highest BCUT2D eigenvalue weighted by molar-refractivity contribution is 5.57. The van der Waals surface area contributed by atoms with Crippen molar-refractivity contribution in [3.05, 3.63) is 0 Å². The number of aliphatic hydroxyl groups is 1. The molecule has 0 rings (SSSR count). The first kappa shape index (κ1) is 12.2. The third-order valence-electron chi connectivity index (χ3n) is 2.15. The maximum atomic E-state index is 10.2. The van der Waals surface area contributed by atoms with E-state index < -0.39 is 17.9 Å². The minimum Gasteiger partial charge on any atom is -0.450 e. The van der Waals surface area contributed by atoms with Gasteiger partial charge in [0.15, 0.2) is 0 Å². The molecule has 4 heteroatoms. The summed E-state index contributed by atoms with van der Waals surface area (Å²) in [5.74, 6) is 0. The number of rotatable bonds is 5. The predicted molar refractivity (Wildman–Crippen MR) is 48.7 cm³/mol. The zero-order chi connectivity index (χ0) is 10.5. The molecule has 0 bridgehead atoms. The number of ether oxygens (including phenoxy) is 1. The minimum atomic E-state index is -1.28. The van der Waals surface area contributed by atoms with E-state index in [4.69, 9.17) is 5.11 Å². The van der Waals surface area contributed by atoms with Crippen LogP contribution >= 0.6 is 0 Å². The molecule has 0 aromatic heterocycles. The van der Waals surface area contributed by atoms with Gasteiger partial charge in [0.05, 0.1) is 5.60 Å². The fourth-order valence-electron chi connectivity index (χ4n) is 1.05. The van der Waals surface area contributed by atoms with E-state index in [2.05, 4.69) is 4.74 Å². The van der Waals surface area contributed by atoms with Crippen LogP contribution in [0.3, 0.4) is 0 Å². The molecule has 2 atom stereocenters. The number of hydrogen-bond acceptors (Lipinski definition) is 3. The van der Waals surface area contributed by atoms with Crippen molar-refractivity contribution in [2.45, 2.75) is 51.7 Å². The fourth-order valence-corrected chi connectivity index (χ4v) is 1.05. The Morgan fingerprint density at radius 3 is 2.38 bits per heavy atom. The highest BCUT2D eigenvalue weighted by Gasteiger charge is 2.24. The quantitative estimate of drug-likeness (QED) is 0.651. The molecule has 0 spiro atoms. The van der Waals surface area contributed by atoms with E-state index in [1.54, 1.807) is 6.92 Å². The van der Waals surface area contributed by atoms with Crippen LogP contribution in [0.25, 0.3) is 0 Å². The molecule has 0 fully saturated rings. The van der Waals surface area contributed by atoms with E-state index >= 15 is 0 Å². The average molecular weight is 190 g/mol. The van der Waals surface area contributed by atoms with Crippen molar-refractivity contribution in [1.82, 2.24) is 0 Å². The van der Waals surface area contributed by atoms with E-state index in [9.17, 15) is 9.90 Å². The molecule has 78 valence electrons. The first-order chi connectivity index (χ1) is 5.91. The zero-order valence-electron chi connectivity index (χ0n) is 8.41. The van der Waals surface area contributed by atoms with Gasteiger partial charge in [-0.05, 0) is 19.8 Å². The van der Waals surface area contributed by atoms with Crippen LogP contribution in [0, 0.1) is 0 Å². The highest BCUT2D eigenvalue weighted by atomic mass is 16.7. The maximum absolute atomic E-state index is 10.2. The third-order valence-corrected chi connectivity index (χ3v) is 2.15. The van der Waals surface area contributed by atoms with Crippen molar-refractivity contribution in [2.75, 3.05) is 0 Å². The van der Waals surface area contributed by atoms with Gasteiger partial charge in [0, 0.05) is 6.42 Å². The average Bonchev–Trinajstić information content (AvgIpc) is 2.02. The largest absolute Gasteiger partial charge is 0.506 e. The van der Waals surface area contributed by atoms with Crippen LogP contribution in [0.15, 0.2) is 0 Å². The lowest BCUT2D eigenvalue weighted by atomic mass is 9.94. The van der Waals surface area contributed by atoms with E-state index in [0.29, 0.717) is 19.3 Å². The number of carboxylic acid groups (broad SMARTS) is 1. The molecule has 0 aliphatic rings. The van der Waals surface area contributed by atoms with Gasteiger partial charge in [0.25, 0.3) is 0 Å². The van der Waals surface area contributed by atoms with Gasteiger partial charge in [-0.2, -0.15) is 0 Å². The summed E-state index contributed by atoms with van der Waals surface area (Å²) >= 11 is 0. The van der Waals surface area contributed by atoms with Gasteiger partial charge in [-0.3, -0.25) is 0 Å². The molecule has 0 aliphatic carbocycles. The van der Waals surface area contributed by atoms with Gasteiger partial charge >= 0.3 is 6.16 Å². The van der Waals surface area contributed by atoms with Crippen LogP contribution in [0.2, 0.25) is 0 Å². The molecule has 13 heavy (non-hydrogen) atoms. The van der Waals surface area contributed by atoms with Crippen molar-refractivity contribution < 1.29 is 19.7 Å². The molecular weight excluding hydrogens is 172 g/mol. The van der Waals surface area contributed by atoms with Crippen molar-refractivity contribution in [3.63, 3.8) is 0 Å². The second-order valence-corrected chi connectivity index (χ2v) is 3.47. The molecule has 0 heterocycles. The van der Waals surface area contributed by atoms with E-state index in [1.165, 1.54) is 0 Å². The van der Waals surface area contributed by atoms with Crippen LogP contribution in [0.4, 0.5) is 4.79 Å². The standard InChI is InChI=1S/C9H18O4/c1-4-7(13-8(10)11)6-9(3,12)5-2/h7,12H,4-6H2,1-3H3,(H,10,11). The smallest absolute Gasteiger partial charge is 0.450 e. The Labute approximate surface area is 78.5 Å². The second-order valence-electron chi connectivity index (χ2n) is 3.47. The van der Waals surface area contributed by atoms with Gasteiger partial charge in [-0.15, -0.1) is 0 Å². The Morgan fingerprint density at radius 1 is 1.54 bits per heavy atom. The molecule has 0 aliphatic heterocycles. The van der Waals surface area contributed by atoms with Crippen molar-refractivity contribution in [3.8, 4) is 0 Å². The minimum absolute atomic E-state index is 0.353. The second kappa shape index (κ2) is 5.07. The molecule has 0 saturated heterocycles. The van der Waals surface area contributed by atoms with Gasteiger partial charge in [0.1, 0.15) is 6.10 Å². The Morgan fingerprint density at radius 2 is 2.08 bits per heavy atom. The maximum Gasteiger partial charge on any atom is 0.506 e. The van der Waals surface area contributed by atoms with Crippen LogP contribution in [-0.2, 0) is 4.74 Å². The molecule has 2 unspecified atom stereocenters. The molecule has 0 saturated carbocycles. The van der Waals surface area contributed by atoms with Crippen LogP contribution in [-0.4, -0.2) is 28.1 Å². The molecule has 0 amide bonds. The summed E-state index contributed by atoms with van der Waals surface area (Å²) in [5.41, 5.74) is -0.837. The molecule has 4 nitrogen and oxygen atoms in total. The summed E-state index contributed by atoms with van der Waals surface area (Å²) in [5, 5.41) is 18.0. The Bertz CT molecular complexity index is 165. The topological polar surface area (TPSA) is 66.8 Å². The predicted octanol–water partition coefficient (Wildman–Crippen LogP) is 2.01. The van der Waals surface area contributed by atoms with E-state index in [1.807, 2.05) is 13.8 Å². The van der Waals surface area contributed by atoms with Crippen molar-refractivity contribution >= 4 is 6.16 Å². The summed E-state index contributed by atoms with van der Waals surface area (Å²) in [6.07, 6.45) is -0.160. The van der Waals surface area contributed by atoms with Crippen LogP contribution < -0.4 is 0 Å².